The van der Waals surface area contributed by atoms with E-state index in [1.54, 1.807) is 28.4 Å². The van der Waals surface area contributed by atoms with Crippen molar-refractivity contribution in [2.24, 2.45) is 0 Å². The lowest BCUT2D eigenvalue weighted by Crippen LogP contribution is -2.04. The minimum atomic E-state index is -0.541. The molecular weight excluding hydrogens is 332 g/mol. The van der Waals surface area contributed by atoms with Crippen LogP contribution in [-0.4, -0.2) is 39.6 Å². The van der Waals surface area contributed by atoms with Crippen LogP contribution in [0.15, 0.2) is 36.4 Å². The van der Waals surface area contributed by atoms with Crippen LogP contribution in [0.3, 0.4) is 0 Å². The second-order valence-electron chi connectivity index (χ2n) is 6.09. The Morgan fingerprint density at radius 2 is 1.58 bits per heavy atom. The average Bonchev–Trinajstić information content (AvgIpc) is 2.85. The van der Waals surface area contributed by atoms with Crippen molar-refractivity contribution in [1.82, 2.24) is 0 Å². The summed E-state index contributed by atoms with van der Waals surface area (Å²) in [5, 5.41) is 10.4. The van der Waals surface area contributed by atoms with E-state index >= 15 is 0 Å². The van der Waals surface area contributed by atoms with Crippen LogP contribution >= 0.6 is 0 Å². The third-order valence-electron chi connectivity index (χ3n) is 4.67. The number of fused-ring (bicyclic) bond motifs is 1. The van der Waals surface area contributed by atoms with E-state index in [1.165, 1.54) is 0 Å². The van der Waals surface area contributed by atoms with E-state index in [0.29, 0.717) is 30.1 Å². The predicted octanol–water partition coefficient (Wildman–Crippen LogP) is 3.46. The lowest BCUT2D eigenvalue weighted by molar-refractivity contribution is 0.214. The van der Waals surface area contributed by atoms with Gasteiger partial charge in [0.1, 0.15) is 5.75 Å². The highest BCUT2D eigenvalue weighted by atomic mass is 16.5. The van der Waals surface area contributed by atoms with Gasteiger partial charge in [-0.15, -0.1) is 0 Å². The van der Waals surface area contributed by atoms with Gasteiger partial charge in [-0.25, -0.2) is 0 Å². The molecule has 5 nitrogen and oxygen atoms in total. The topological polar surface area (TPSA) is 57.2 Å². The molecule has 0 saturated carbocycles. The fourth-order valence-corrected chi connectivity index (χ4v) is 3.38. The third-order valence-corrected chi connectivity index (χ3v) is 4.67. The fourth-order valence-electron chi connectivity index (χ4n) is 3.38. The lowest BCUT2D eigenvalue weighted by atomic mass is 9.92. The van der Waals surface area contributed by atoms with Crippen molar-refractivity contribution in [3.63, 3.8) is 0 Å². The molecule has 2 aromatic carbocycles. The summed E-state index contributed by atoms with van der Waals surface area (Å²) < 4.78 is 21.9. The van der Waals surface area contributed by atoms with Crippen molar-refractivity contribution in [2.75, 3.05) is 28.4 Å². The lowest BCUT2D eigenvalue weighted by Gasteiger charge is -2.20. The van der Waals surface area contributed by atoms with Crippen molar-refractivity contribution >= 4 is 5.57 Å². The maximum absolute atomic E-state index is 10.4. The summed E-state index contributed by atoms with van der Waals surface area (Å²) in [6, 6.07) is 9.73. The molecule has 1 unspecified atom stereocenters. The summed E-state index contributed by atoms with van der Waals surface area (Å²) in [4.78, 5) is 0. The number of aliphatic hydroxyl groups is 1. The van der Waals surface area contributed by atoms with E-state index in [1.807, 2.05) is 36.4 Å². The van der Waals surface area contributed by atoms with E-state index in [9.17, 15) is 5.11 Å². The van der Waals surface area contributed by atoms with E-state index in [0.717, 1.165) is 28.0 Å². The standard InChI is InChI=1S/C21H24O5/c1-23-15-8-5-13(6-9-15)17-11-14(22)7-10-16-18(17)12-19(24-2)21(26-4)20(16)25-3/h5-6,8-9,11-12,14,22H,7,10H2,1-4H3. The molecule has 0 amide bonds. The van der Waals surface area contributed by atoms with Crippen molar-refractivity contribution < 1.29 is 24.1 Å². The molecule has 1 aliphatic rings. The van der Waals surface area contributed by atoms with Gasteiger partial charge in [-0.2, -0.15) is 0 Å². The molecule has 2 aromatic rings. The quantitative estimate of drug-likeness (QED) is 0.889. The highest BCUT2D eigenvalue weighted by Crippen LogP contribution is 2.46. The number of hydrogen-bond donors (Lipinski definition) is 1. The minimum absolute atomic E-state index is 0.541. The van der Waals surface area contributed by atoms with Crippen molar-refractivity contribution in [1.29, 1.82) is 0 Å². The zero-order chi connectivity index (χ0) is 18.7. The first-order chi connectivity index (χ1) is 12.6. The second-order valence-corrected chi connectivity index (χ2v) is 6.09. The van der Waals surface area contributed by atoms with Crippen LogP contribution in [0.5, 0.6) is 23.0 Å². The Kier molecular flexibility index (Phi) is 5.38. The maximum Gasteiger partial charge on any atom is 0.203 e. The molecule has 0 spiro atoms. The number of methoxy groups -OCH3 is 4. The molecule has 0 fully saturated rings. The van der Waals surface area contributed by atoms with Gasteiger partial charge in [0.15, 0.2) is 11.5 Å². The molecule has 0 heterocycles. The van der Waals surface area contributed by atoms with Crippen LogP contribution in [0.1, 0.15) is 23.1 Å². The number of hydrogen-bond acceptors (Lipinski definition) is 5. The Bertz CT molecular complexity index is 808. The Balaban J connectivity index is 2.23. The molecule has 0 aliphatic heterocycles. The fraction of sp³-hybridized carbons (Fsp3) is 0.333. The monoisotopic (exact) mass is 356 g/mol. The van der Waals surface area contributed by atoms with Crippen molar-refractivity contribution in [3.05, 3.63) is 53.1 Å². The maximum atomic E-state index is 10.4. The number of ether oxygens (including phenoxy) is 4. The van der Waals surface area contributed by atoms with Gasteiger partial charge >= 0.3 is 0 Å². The van der Waals surface area contributed by atoms with Gasteiger partial charge in [-0.05, 0) is 53.8 Å². The van der Waals surface area contributed by atoms with Gasteiger partial charge in [-0.1, -0.05) is 12.1 Å². The van der Waals surface area contributed by atoms with Gasteiger partial charge in [-0.3, -0.25) is 0 Å². The highest BCUT2D eigenvalue weighted by molar-refractivity contribution is 5.85. The number of benzene rings is 2. The highest BCUT2D eigenvalue weighted by Gasteiger charge is 2.26. The Hall–Kier alpha value is -2.66. The summed E-state index contributed by atoms with van der Waals surface area (Å²) in [6.45, 7) is 0. The van der Waals surface area contributed by atoms with Crippen molar-refractivity contribution in [3.8, 4) is 23.0 Å². The SMILES string of the molecule is COc1ccc(C2=CC(O)CCc3c2cc(OC)c(OC)c3OC)cc1. The zero-order valence-electron chi connectivity index (χ0n) is 15.5. The molecule has 138 valence electrons. The number of rotatable bonds is 5. The molecule has 26 heavy (non-hydrogen) atoms. The van der Waals surface area contributed by atoms with E-state index in [2.05, 4.69) is 0 Å². The summed E-state index contributed by atoms with van der Waals surface area (Å²) in [7, 11) is 6.46. The van der Waals surface area contributed by atoms with Crippen LogP contribution in [0.4, 0.5) is 0 Å². The van der Waals surface area contributed by atoms with Gasteiger partial charge in [0.05, 0.1) is 34.5 Å². The van der Waals surface area contributed by atoms with Crippen LogP contribution in [-0.2, 0) is 6.42 Å². The van der Waals surface area contributed by atoms with E-state index in [4.69, 9.17) is 18.9 Å². The summed E-state index contributed by atoms with van der Waals surface area (Å²) in [5.74, 6) is 2.60. The molecule has 1 N–H and O–H groups in total. The normalized spacial score (nSPS) is 16.2. The Morgan fingerprint density at radius 1 is 0.885 bits per heavy atom. The largest absolute Gasteiger partial charge is 0.497 e. The smallest absolute Gasteiger partial charge is 0.203 e. The molecule has 5 heteroatoms. The van der Waals surface area contributed by atoms with Crippen LogP contribution in [0, 0.1) is 0 Å². The van der Waals surface area contributed by atoms with Crippen LogP contribution in [0.2, 0.25) is 0 Å². The first-order valence-corrected chi connectivity index (χ1v) is 8.49. The zero-order valence-corrected chi connectivity index (χ0v) is 15.5. The molecule has 3 rings (SSSR count). The predicted molar refractivity (Wildman–Crippen MR) is 100 cm³/mol. The van der Waals surface area contributed by atoms with Gasteiger partial charge in [0.25, 0.3) is 0 Å². The number of aliphatic hydroxyl groups excluding tert-OH is 1. The second kappa shape index (κ2) is 7.70. The van der Waals surface area contributed by atoms with Crippen LogP contribution < -0.4 is 18.9 Å². The molecule has 1 aliphatic carbocycles. The first-order valence-electron chi connectivity index (χ1n) is 8.49. The average molecular weight is 356 g/mol. The summed E-state index contributed by atoms with van der Waals surface area (Å²) >= 11 is 0. The third kappa shape index (κ3) is 3.22. The van der Waals surface area contributed by atoms with Gasteiger partial charge in [0, 0.05) is 5.56 Å². The molecule has 0 radical (unpaired) electrons. The minimum Gasteiger partial charge on any atom is -0.497 e. The summed E-state index contributed by atoms with van der Waals surface area (Å²) in [5.41, 5.74) is 3.90. The Labute approximate surface area is 153 Å². The molecule has 0 bridgehead atoms. The van der Waals surface area contributed by atoms with E-state index in [-0.39, 0.29) is 0 Å². The van der Waals surface area contributed by atoms with E-state index < -0.39 is 6.10 Å². The molecule has 0 aromatic heterocycles. The molecule has 1 atom stereocenters. The van der Waals surface area contributed by atoms with Gasteiger partial charge < -0.3 is 24.1 Å². The molecule has 0 saturated heterocycles. The molecular formula is C21H24O5. The van der Waals surface area contributed by atoms with Gasteiger partial charge in [0.2, 0.25) is 5.75 Å². The Morgan fingerprint density at radius 3 is 2.15 bits per heavy atom. The van der Waals surface area contributed by atoms with Crippen LogP contribution in [0.25, 0.3) is 5.57 Å². The first kappa shape index (κ1) is 18.1. The summed E-state index contributed by atoms with van der Waals surface area (Å²) in [6.07, 6.45) is 2.63. The van der Waals surface area contributed by atoms with Crippen molar-refractivity contribution in [2.45, 2.75) is 18.9 Å².